The Bertz CT molecular complexity index is 415. The highest BCUT2D eigenvalue weighted by Crippen LogP contribution is 2.51. The van der Waals surface area contributed by atoms with Crippen molar-refractivity contribution < 1.29 is 19.4 Å². The maximum absolute atomic E-state index is 11.9. The fourth-order valence-electron chi connectivity index (χ4n) is 3.72. The third-order valence-electron chi connectivity index (χ3n) is 5.10. The zero-order valence-electron chi connectivity index (χ0n) is 12.9. The van der Waals surface area contributed by atoms with Gasteiger partial charge in [0.15, 0.2) is 6.29 Å². The molecule has 21 heavy (non-hydrogen) atoms. The van der Waals surface area contributed by atoms with E-state index in [-0.39, 0.29) is 30.0 Å². The second-order valence-electron chi connectivity index (χ2n) is 6.97. The highest BCUT2D eigenvalue weighted by molar-refractivity contribution is 5.70. The molecule has 3 fully saturated rings. The molecular formula is C17H26O4. The molecule has 6 atom stereocenters. The molecule has 0 radical (unpaired) electrons. The maximum Gasteiger partial charge on any atom is 0.306 e. The van der Waals surface area contributed by atoms with E-state index in [0.29, 0.717) is 12.3 Å². The monoisotopic (exact) mass is 294 g/mol. The topological polar surface area (TPSA) is 55.8 Å². The van der Waals surface area contributed by atoms with Gasteiger partial charge in [-0.05, 0) is 31.6 Å². The number of fused-ring (bicyclic) bond motifs is 1. The summed E-state index contributed by atoms with van der Waals surface area (Å²) in [5.41, 5.74) is 0. The summed E-state index contributed by atoms with van der Waals surface area (Å²) in [5, 5.41) is 10.0. The van der Waals surface area contributed by atoms with E-state index >= 15 is 0 Å². The van der Waals surface area contributed by atoms with Gasteiger partial charge in [0.1, 0.15) is 12.2 Å². The smallest absolute Gasteiger partial charge is 0.306 e. The van der Waals surface area contributed by atoms with Crippen LogP contribution in [0.4, 0.5) is 0 Å². The summed E-state index contributed by atoms with van der Waals surface area (Å²) in [6.45, 7) is 3.96. The minimum atomic E-state index is -0.661. The van der Waals surface area contributed by atoms with Gasteiger partial charge in [0.25, 0.3) is 0 Å². The molecule has 4 heteroatoms. The molecule has 4 nitrogen and oxygen atoms in total. The van der Waals surface area contributed by atoms with Crippen molar-refractivity contribution in [3.63, 3.8) is 0 Å². The third-order valence-corrected chi connectivity index (χ3v) is 5.10. The highest BCUT2D eigenvalue weighted by Gasteiger charge is 2.57. The van der Waals surface area contributed by atoms with E-state index < -0.39 is 6.29 Å². The van der Waals surface area contributed by atoms with Gasteiger partial charge in [-0.3, -0.25) is 4.79 Å². The summed E-state index contributed by atoms with van der Waals surface area (Å²) >= 11 is 0. The summed E-state index contributed by atoms with van der Waals surface area (Å²) in [5.74, 6) is 1.46. The molecule has 118 valence electrons. The summed E-state index contributed by atoms with van der Waals surface area (Å²) < 4.78 is 11.2. The first-order valence-corrected chi connectivity index (χ1v) is 8.24. The fraction of sp³-hybridized carbons (Fsp3) is 0.824. The quantitative estimate of drug-likeness (QED) is 0.604. The molecule has 0 aromatic carbocycles. The lowest BCUT2D eigenvalue weighted by atomic mass is 9.71. The molecule has 5 unspecified atom stereocenters. The minimum absolute atomic E-state index is 0.0790. The number of allylic oxidation sites excluding steroid dienone is 2. The standard InChI is InChI=1S/C17H26O4/c1-3-4-10(2)7-15(18)20-14-9-12-13(8-11-5-6-11)17(19)21-16(12)14/h3-4,10-14,16-17,19H,5-9H2,1-2H3/b4-3-/t10?,12?,13-,14?,16?,17?/m1/s1. The normalized spacial score (nSPS) is 39.9. The Labute approximate surface area is 126 Å². The van der Waals surface area contributed by atoms with E-state index in [0.717, 1.165) is 18.8 Å². The maximum atomic E-state index is 11.9. The van der Waals surface area contributed by atoms with Gasteiger partial charge in [-0.1, -0.05) is 31.9 Å². The van der Waals surface area contributed by atoms with Gasteiger partial charge in [0.2, 0.25) is 0 Å². The van der Waals surface area contributed by atoms with E-state index in [1.165, 1.54) is 12.8 Å². The second kappa shape index (κ2) is 6.09. The molecule has 2 aliphatic carbocycles. The summed E-state index contributed by atoms with van der Waals surface area (Å²) in [6, 6.07) is 0. The Hall–Kier alpha value is -0.870. The van der Waals surface area contributed by atoms with Gasteiger partial charge in [0.05, 0.1) is 6.42 Å². The number of aliphatic hydroxyl groups is 1. The van der Waals surface area contributed by atoms with Gasteiger partial charge >= 0.3 is 5.97 Å². The molecule has 1 N–H and O–H groups in total. The lowest BCUT2D eigenvalue weighted by molar-refractivity contribution is -0.185. The number of hydrogen-bond acceptors (Lipinski definition) is 4. The molecule has 2 saturated carbocycles. The Balaban J connectivity index is 1.46. The van der Waals surface area contributed by atoms with Crippen LogP contribution >= 0.6 is 0 Å². The van der Waals surface area contributed by atoms with Crippen LogP contribution < -0.4 is 0 Å². The van der Waals surface area contributed by atoms with Crippen LogP contribution in [0.5, 0.6) is 0 Å². The average Bonchev–Trinajstić information content (AvgIpc) is 3.18. The van der Waals surface area contributed by atoms with Gasteiger partial charge < -0.3 is 14.6 Å². The number of ether oxygens (including phenoxy) is 2. The second-order valence-corrected chi connectivity index (χ2v) is 6.97. The van der Waals surface area contributed by atoms with Crippen molar-refractivity contribution in [1.29, 1.82) is 0 Å². The van der Waals surface area contributed by atoms with E-state index in [9.17, 15) is 9.90 Å². The first-order chi connectivity index (χ1) is 10.1. The number of rotatable bonds is 6. The highest BCUT2D eigenvalue weighted by atomic mass is 16.6. The van der Waals surface area contributed by atoms with Crippen LogP contribution in [0.3, 0.4) is 0 Å². The average molecular weight is 294 g/mol. The number of hydrogen-bond donors (Lipinski definition) is 1. The first-order valence-electron chi connectivity index (χ1n) is 8.24. The SMILES string of the molecule is C/C=C\C(C)CC(=O)OC1CC2C1OC(O)[C@@H]2CC1CC1. The Morgan fingerprint density at radius 1 is 1.48 bits per heavy atom. The van der Waals surface area contributed by atoms with Crippen LogP contribution in [0, 0.1) is 23.7 Å². The van der Waals surface area contributed by atoms with Crippen LogP contribution in [0.25, 0.3) is 0 Å². The summed E-state index contributed by atoms with van der Waals surface area (Å²) in [7, 11) is 0. The van der Waals surface area contributed by atoms with E-state index in [2.05, 4.69) is 0 Å². The number of carbonyl (C=O) groups excluding carboxylic acids is 1. The predicted molar refractivity (Wildman–Crippen MR) is 78.3 cm³/mol. The van der Waals surface area contributed by atoms with Crippen molar-refractivity contribution in [3.05, 3.63) is 12.2 Å². The first kappa shape index (κ1) is 15.0. The minimum Gasteiger partial charge on any atom is -0.460 e. The third kappa shape index (κ3) is 3.32. The number of esters is 1. The van der Waals surface area contributed by atoms with Crippen molar-refractivity contribution in [2.75, 3.05) is 0 Å². The number of carbonyl (C=O) groups is 1. The Morgan fingerprint density at radius 2 is 2.24 bits per heavy atom. The molecule has 3 rings (SSSR count). The zero-order valence-corrected chi connectivity index (χ0v) is 12.9. The summed E-state index contributed by atoms with van der Waals surface area (Å²) in [4.78, 5) is 11.9. The van der Waals surface area contributed by atoms with Crippen molar-refractivity contribution >= 4 is 5.97 Å². The largest absolute Gasteiger partial charge is 0.460 e. The molecule has 0 aromatic rings. The molecule has 0 aromatic heterocycles. The Kier molecular flexibility index (Phi) is 4.36. The van der Waals surface area contributed by atoms with Crippen LogP contribution in [0.15, 0.2) is 12.2 Å². The van der Waals surface area contributed by atoms with Crippen LogP contribution in [0.1, 0.15) is 46.0 Å². The Morgan fingerprint density at radius 3 is 2.90 bits per heavy atom. The zero-order chi connectivity index (χ0) is 15.0. The van der Waals surface area contributed by atoms with Crippen LogP contribution in [-0.2, 0) is 14.3 Å². The van der Waals surface area contributed by atoms with Crippen molar-refractivity contribution in [2.45, 2.75) is 64.4 Å². The van der Waals surface area contributed by atoms with Crippen molar-refractivity contribution in [1.82, 2.24) is 0 Å². The van der Waals surface area contributed by atoms with Gasteiger partial charge in [-0.2, -0.15) is 0 Å². The van der Waals surface area contributed by atoms with Crippen molar-refractivity contribution in [3.8, 4) is 0 Å². The fourth-order valence-corrected chi connectivity index (χ4v) is 3.72. The predicted octanol–water partition coefficient (Wildman–Crippen LogP) is 2.65. The molecule has 1 heterocycles. The molecule has 1 saturated heterocycles. The molecular weight excluding hydrogens is 268 g/mol. The lowest BCUT2D eigenvalue weighted by Crippen LogP contribution is -2.48. The summed E-state index contributed by atoms with van der Waals surface area (Å²) in [6.07, 6.45) is 7.98. The van der Waals surface area contributed by atoms with Gasteiger partial charge in [0, 0.05) is 11.8 Å². The van der Waals surface area contributed by atoms with E-state index in [1.807, 2.05) is 26.0 Å². The van der Waals surface area contributed by atoms with Crippen molar-refractivity contribution in [2.24, 2.45) is 23.7 Å². The van der Waals surface area contributed by atoms with Crippen LogP contribution in [-0.4, -0.2) is 29.6 Å². The molecule has 0 amide bonds. The van der Waals surface area contributed by atoms with Crippen LogP contribution in [0.2, 0.25) is 0 Å². The van der Waals surface area contributed by atoms with E-state index in [1.54, 1.807) is 0 Å². The molecule has 0 bridgehead atoms. The van der Waals surface area contributed by atoms with E-state index in [4.69, 9.17) is 9.47 Å². The lowest BCUT2D eigenvalue weighted by Gasteiger charge is -2.39. The molecule has 0 spiro atoms. The van der Waals surface area contributed by atoms with Gasteiger partial charge in [-0.25, -0.2) is 0 Å². The van der Waals surface area contributed by atoms with Gasteiger partial charge in [-0.15, -0.1) is 0 Å². The number of aliphatic hydroxyl groups excluding tert-OH is 1. The molecule has 1 aliphatic heterocycles. The molecule has 3 aliphatic rings.